The second-order valence-corrected chi connectivity index (χ2v) is 2.09. The minimum absolute atomic E-state index is 0. The van der Waals surface area contributed by atoms with Crippen molar-refractivity contribution in [2.75, 3.05) is 0 Å². The SMILES string of the molecule is Cl.O=C(O)C(F)(F)c1ccccn1. The van der Waals surface area contributed by atoms with E-state index in [0.717, 1.165) is 12.3 Å². The third-order valence-electron chi connectivity index (χ3n) is 1.26. The molecule has 0 saturated heterocycles. The fourth-order valence-corrected chi connectivity index (χ4v) is 0.658. The zero-order valence-electron chi connectivity index (χ0n) is 6.28. The minimum Gasteiger partial charge on any atom is -0.476 e. The molecule has 0 saturated carbocycles. The van der Waals surface area contributed by atoms with Gasteiger partial charge < -0.3 is 5.11 Å². The molecule has 0 fully saturated rings. The number of aromatic nitrogens is 1. The molecule has 3 nitrogen and oxygen atoms in total. The van der Waals surface area contributed by atoms with Crippen LogP contribution in [0.2, 0.25) is 0 Å². The summed E-state index contributed by atoms with van der Waals surface area (Å²) >= 11 is 0. The number of nitrogens with zero attached hydrogens (tertiary/aromatic N) is 1. The highest BCUT2D eigenvalue weighted by Gasteiger charge is 2.42. The molecular weight excluding hydrogens is 204 g/mol. The van der Waals surface area contributed by atoms with Gasteiger partial charge in [-0.15, -0.1) is 12.4 Å². The Morgan fingerprint density at radius 1 is 1.46 bits per heavy atom. The van der Waals surface area contributed by atoms with Crippen molar-refractivity contribution in [3.8, 4) is 0 Å². The second kappa shape index (κ2) is 4.13. The first-order valence-corrected chi connectivity index (χ1v) is 3.08. The predicted molar refractivity (Wildman–Crippen MR) is 43.0 cm³/mol. The van der Waals surface area contributed by atoms with Crippen LogP contribution in [0.25, 0.3) is 0 Å². The van der Waals surface area contributed by atoms with Crippen LogP contribution in [0.4, 0.5) is 8.78 Å². The summed E-state index contributed by atoms with van der Waals surface area (Å²) in [5, 5.41) is 8.10. The fraction of sp³-hybridized carbons (Fsp3) is 0.143. The van der Waals surface area contributed by atoms with Gasteiger partial charge in [0.2, 0.25) is 0 Å². The molecule has 1 N–H and O–H groups in total. The Balaban J connectivity index is 0.00000144. The first-order valence-electron chi connectivity index (χ1n) is 3.08. The van der Waals surface area contributed by atoms with Crippen LogP contribution < -0.4 is 0 Å². The normalized spacial score (nSPS) is 10.3. The van der Waals surface area contributed by atoms with E-state index in [4.69, 9.17) is 5.11 Å². The van der Waals surface area contributed by atoms with E-state index in [0.29, 0.717) is 0 Å². The Bertz CT molecular complexity index is 292. The summed E-state index contributed by atoms with van der Waals surface area (Å²) in [4.78, 5) is 13.3. The Hall–Kier alpha value is -1.23. The van der Waals surface area contributed by atoms with Gasteiger partial charge in [-0.05, 0) is 12.1 Å². The number of aliphatic carboxylic acids is 1. The lowest BCUT2D eigenvalue weighted by atomic mass is 10.2. The monoisotopic (exact) mass is 209 g/mol. The maximum atomic E-state index is 12.6. The molecule has 6 heteroatoms. The summed E-state index contributed by atoms with van der Waals surface area (Å²) in [6.07, 6.45) is 1.12. The first-order chi connectivity index (χ1) is 5.55. The van der Waals surface area contributed by atoms with E-state index in [1.165, 1.54) is 12.1 Å². The van der Waals surface area contributed by atoms with Gasteiger partial charge in [-0.25, -0.2) is 4.79 Å². The lowest BCUT2D eigenvalue weighted by molar-refractivity contribution is -0.166. The molecular formula is C7H6ClF2NO2. The van der Waals surface area contributed by atoms with Crippen molar-refractivity contribution in [1.29, 1.82) is 0 Å². The number of hydrogen-bond acceptors (Lipinski definition) is 2. The number of carboxylic acid groups (broad SMARTS) is 1. The van der Waals surface area contributed by atoms with Crippen molar-refractivity contribution in [3.05, 3.63) is 30.1 Å². The number of rotatable bonds is 2. The van der Waals surface area contributed by atoms with Gasteiger partial charge in [0.25, 0.3) is 0 Å². The number of hydrogen-bond donors (Lipinski definition) is 1. The second-order valence-electron chi connectivity index (χ2n) is 2.09. The summed E-state index contributed by atoms with van der Waals surface area (Å²) in [6.45, 7) is 0. The molecule has 1 aromatic rings. The van der Waals surface area contributed by atoms with Gasteiger partial charge in [0.1, 0.15) is 5.69 Å². The topological polar surface area (TPSA) is 50.2 Å². The van der Waals surface area contributed by atoms with Crippen molar-refractivity contribution in [2.45, 2.75) is 5.92 Å². The highest BCUT2D eigenvalue weighted by atomic mass is 35.5. The van der Waals surface area contributed by atoms with E-state index in [-0.39, 0.29) is 12.4 Å². The number of pyridine rings is 1. The average Bonchev–Trinajstić information content (AvgIpc) is 2.06. The van der Waals surface area contributed by atoms with Crippen molar-refractivity contribution in [3.63, 3.8) is 0 Å². The largest absolute Gasteiger partial charge is 0.476 e. The van der Waals surface area contributed by atoms with Gasteiger partial charge in [-0.2, -0.15) is 8.78 Å². The Labute approximate surface area is 78.8 Å². The van der Waals surface area contributed by atoms with Crippen LogP contribution in [0.1, 0.15) is 5.69 Å². The molecule has 72 valence electrons. The molecule has 0 aromatic carbocycles. The van der Waals surface area contributed by atoms with Crippen LogP contribution in [0.3, 0.4) is 0 Å². The minimum atomic E-state index is -3.90. The zero-order chi connectivity index (χ0) is 9.19. The van der Waals surface area contributed by atoms with Crippen LogP contribution in [-0.4, -0.2) is 16.1 Å². The van der Waals surface area contributed by atoms with Crippen LogP contribution >= 0.6 is 12.4 Å². The Kier molecular flexibility index (Phi) is 3.74. The third kappa shape index (κ3) is 2.35. The Morgan fingerprint density at radius 3 is 2.46 bits per heavy atom. The molecule has 0 unspecified atom stereocenters. The maximum Gasteiger partial charge on any atom is 0.384 e. The number of carboxylic acids is 1. The molecule has 0 aliphatic heterocycles. The smallest absolute Gasteiger partial charge is 0.384 e. The molecule has 0 aliphatic rings. The maximum absolute atomic E-state index is 12.6. The molecule has 0 bridgehead atoms. The van der Waals surface area contributed by atoms with Gasteiger partial charge in [0.05, 0.1) is 0 Å². The molecule has 1 rings (SSSR count). The molecule has 13 heavy (non-hydrogen) atoms. The summed E-state index contributed by atoms with van der Waals surface area (Å²) in [5.41, 5.74) is -0.752. The summed E-state index contributed by atoms with van der Waals surface area (Å²) in [7, 11) is 0. The first kappa shape index (κ1) is 11.8. The van der Waals surface area contributed by atoms with Gasteiger partial charge >= 0.3 is 11.9 Å². The highest BCUT2D eigenvalue weighted by Crippen LogP contribution is 2.25. The number of carbonyl (C=O) groups is 1. The zero-order valence-corrected chi connectivity index (χ0v) is 7.09. The fourth-order valence-electron chi connectivity index (χ4n) is 0.658. The van der Waals surface area contributed by atoms with E-state index in [1.54, 1.807) is 0 Å². The molecule has 0 spiro atoms. The van der Waals surface area contributed by atoms with Gasteiger partial charge in [-0.3, -0.25) is 4.98 Å². The van der Waals surface area contributed by atoms with Crippen LogP contribution in [-0.2, 0) is 10.7 Å². The van der Waals surface area contributed by atoms with E-state index < -0.39 is 17.6 Å². The van der Waals surface area contributed by atoms with E-state index >= 15 is 0 Å². The van der Waals surface area contributed by atoms with Crippen LogP contribution in [0.15, 0.2) is 24.4 Å². The van der Waals surface area contributed by atoms with Gasteiger partial charge in [0, 0.05) is 6.20 Å². The summed E-state index contributed by atoms with van der Waals surface area (Å²) in [6, 6.07) is 3.70. The van der Waals surface area contributed by atoms with Crippen molar-refractivity contribution in [2.24, 2.45) is 0 Å². The molecule has 1 heterocycles. The summed E-state index contributed by atoms with van der Waals surface area (Å²) < 4.78 is 25.2. The predicted octanol–water partition coefficient (Wildman–Crippen LogP) is 1.68. The van der Waals surface area contributed by atoms with E-state index in [1.807, 2.05) is 0 Å². The number of halogens is 3. The molecule has 1 aromatic heterocycles. The third-order valence-corrected chi connectivity index (χ3v) is 1.26. The quantitative estimate of drug-likeness (QED) is 0.806. The molecule has 0 amide bonds. The lowest BCUT2D eigenvalue weighted by Crippen LogP contribution is -2.26. The van der Waals surface area contributed by atoms with E-state index in [2.05, 4.69) is 4.98 Å². The lowest BCUT2D eigenvalue weighted by Gasteiger charge is -2.08. The number of alkyl halides is 2. The summed E-state index contributed by atoms with van der Waals surface area (Å²) in [5.74, 6) is -6.09. The molecule has 0 radical (unpaired) electrons. The molecule has 0 atom stereocenters. The van der Waals surface area contributed by atoms with Gasteiger partial charge in [-0.1, -0.05) is 6.07 Å². The van der Waals surface area contributed by atoms with Gasteiger partial charge in [0.15, 0.2) is 0 Å². The standard InChI is InChI=1S/C7H5F2NO2.ClH/c8-7(9,6(11)12)5-3-1-2-4-10-5;/h1-4H,(H,11,12);1H. The Morgan fingerprint density at radius 2 is 2.08 bits per heavy atom. The van der Waals surface area contributed by atoms with Crippen molar-refractivity contribution >= 4 is 18.4 Å². The van der Waals surface area contributed by atoms with E-state index in [9.17, 15) is 13.6 Å². The van der Waals surface area contributed by atoms with Crippen LogP contribution in [0.5, 0.6) is 0 Å². The average molecular weight is 210 g/mol. The van der Waals surface area contributed by atoms with Crippen molar-refractivity contribution in [1.82, 2.24) is 4.98 Å². The highest BCUT2D eigenvalue weighted by molar-refractivity contribution is 5.85. The molecule has 0 aliphatic carbocycles. The van der Waals surface area contributed by atoms with Crippen LogP contribution in [0, 0.1) is 0 Å². The van der Waals surface area contributed by atoms with Crippen molar-refractivity contribution < 1.29 is 18.7 Å².